The van der Waals surface area contributed by atoms with Gasteiger partial charge in [-0.15, -0.1) is 0 Å². The van der Waals surface area contributed by atoms with Crippen LogP contribution in [0.2, 0.25) is 0 Å². The van der Waals surface area contributed by atoms with Crippen molar-refractivity contribution in [3.05, 3.63) is 0 Å². The molecular formula is C12H25N3O2S. The third-order valence-corrected chi connectivity index (χ3v) is 4.74. The summed E-state index contributed by atoms with van der Waals surface area (Å²) in [6.45, 7) is 6.39. The Bertz CT molecular complexity index is 290. The van der Waals surface area contributed by atoms with Gasteiger partial charge in [-0.1, -0.05) is 6.92 Å². The summed E-state index contributed by atoms with van der Waals surface area (Å²) in [5.41, 5.74) is 0. The van der Waals surface area contributed by atoms with Crippen LogP contribution in [0.4, 0.5) is 0 Å². The Hall–Kier alpha value is -0.0100. The second-order valence-electron chi connectivity index (χ2n) is 5.50. The third kappa shape index (κ3) is 3.74. The first-order valence-corrected chi connectivity index (χ1v) is 8.10. The molecule has 0 aromatic heterocycles. The van der Waals surface area contributed by atoms with Crippen molar-refractivity contribution < 1.29 is 8.76 Å². The van der Waals surface area contributed by atoms with Crippen LogP contribution in [0.25, 0.3) is 0 Å². The van der Waals surface area contributed by atoms with E-state index in [9.17, 15) is 4.21 Å². The topological polar surface area (TPSA) is 64.6 Å². The maximum absolute atomic E-state index is 10.6. The lowest BCUT2D eigenvalue weighted by atomic mass is 9.93. The number of hydrogen-bond donors (Lipinski definition) is 3. The molecule has 0 aromatic rings. The van der Waals surface area contributed by atoms with Crippen LogP contribution in [0.3, 0.4) is 0 Å². The van der Waals surface area contributed by atoms with E-state index in [1.165, 1.54) is 25.8 Å². The molecule has 0 spiro atoms. The van der Waals surface area contributed by atoms with Crippen LogP contribution in [0.15, 0.2) is 0 Å². The minimum absolute atomic E-state index is 0.589. The van der Waals surface area contributed by atoms with E-state index in [-0.39, 0.29) is 0 Å². The van der Waals surface area contributed by atoms with Crippen LogP contribution in [-0.2, 0) is 11.3 Å². The van der Waals surface area contributed by atoms with Crippen molar-refractivity contribution in [2.45, 2.75) is 44.7 Å². The molecule has 0 amide bonds. The van der Waals surface area contributed by atoms with E-state index >= 15 is 0 Å². The number of hydrogen-bond acceptors (Lipinski definition) is 3. The molecule has 18 heavy (non-hydrogen) atoms. The first-order chi connectivity index (χ1) is 8.68. The molecule has 2 heterocycles. The first kappa shape index (κ1) is 14.4. The SMILES string of the molecule is CC1CNCCC1N1CCC[C@H]1CCNS(=O)O. The predicted molar refractivity (Wildman–Crippen MR) is 73.6 cm³/mol. The van der Waals surface area contributed by atoms with Crippen LogP contribution in [0, 0.1) is 5.92 Å². The fourth-order valence-electron chi connectivity index (χ4n) is 3.41. The highest BCUT2D eigenvalue weighted by Crippen LogP contribution is 2.28. The van der Waals surface area contributed by atoms with E-state index in [1.807, 2.05) is 0 Å². The molecule has 0 radical (unpaired) electrons. The monoisotopic (exact) mass is 275 g/mol. The Balaban J connectivity index is 1.84. The van der Waals surface area contributed by atoms with Crippen LogP contribution in [0.5, 0.6) is 0 Å². The van der Waals surface area contributed by atoms with E-state index in [0.29, 0.717) is 24.5 Å². The van der Waals surface area contributed by atoms with Gasteiger partial charge in [-0.2, -0.15) is 0 Å². The van der Waals surface area contributed by atoms with Crippen LogP contribution < -0.4 is 10.0 Å². The molecule has 3 N–H and O–H groups in total. The molecule has 2 aliphatic heterocycles. The molecule has 5 nitrogen and oxygen atoms in total. The lowest BCUT2D eigenvalue weighted by Crippen LogP contribution is -2.50. The number of rotatable bonds is 5. The number of piperidine rings is 1. The van der Waals surface area contributed by atoms with Gasteiger partial charge in [-0.25, -0.2) is 8.93 Å². The summed E-state index contributed by atoms with van der Waals surface area (Å²) < 4.78 is 21.9. The molecule has 0 aliphatic carbocycles. The van der Waals surface area contributed by atoms with Crippen molar-refractivity contribution in [2.24, 2.45) is 5.92 Å². The Labute approximate surface area is 112 Å². The molecule has 2 fully saturated rings. The van der Waals surface area contributed by atoms with Gasteiger partial charge in [-0.05, 0) is 51.2 Å². The normalized spacial score (nSPS) is 35.8. The zero-order chi connectivity index (χ0) is 13.0. The summed E-state index contributed by atoms with van der Waals surface area (Å²) in [6, 6.07) is 1.28. The zero-order valence-corrected chi connectivity index (χ0v) is 11.9. The minimum Gasteiger partial charge on any atom is -0.316 e. The molecule has 4 atom stereocenters. The molecule has 3 unspecified atom stereocenters. The van der Waals surface area contributed by atoms with E-state index in [2.05, 4.69) is 21.9 Å². The molecular weight excluding hydrogens is 250 g/mol. The molecule has 2 saturated heterocycles. The Kier molecular flexibility index (Phi) is 5.56. The standard InChI is InChI=1S/C12H25N3O2S/c1-10-9-13-6-5-12(10)15-8-2-3-11(15)4-7-14-18(16)17/h10-14H,2-9H2,1H3,(H,16,17)/t10?,11-,12?/m0/s1. The fourth-order valence-corrected chi connectivity index (χ4v) is 3.70. The van der Waals surface area contributed by atoms with Gasteiger partial charge >= 0.3 is 0 Å². The summed E-state index contributed by atoms with van der Waals surface area (Å²) in [7, 11) is 0. The summed E-state index contributed by atoms with van der Waals surface area (Å²) in [4.78, 5) is 2.65. The van der Waals surface area contributed by atoms with Crippen LogP contribution in [-0.4, -0.2) is 51.9 Å². The fraction of sp³-hybridized carbons (Fsp3) is 1.00. The molecule has 2 aliphatic rings. The molecule has 0 bridgehead atoms. The Morgan fingerprint density at radius 3 is 3.06 bits per heavy atom. The highest BCUT2D eigenvalue weighted by atomic mass is 32.2. The quantitative estimate of drug-likeness (QED) is 0.642. The van der Waals surface area contributed by atoms with E-state index < -0.39 is 11.3 Å². The predicted octanol–water partition coefficient (Wildman–Crippen LogP) is 0.565. The maximum atomic E-state index is 10.6. The second-order valence-corrected chi connectivity index (χ2v) is 6.29. The molecule has 2 rings (SSSR count). The van der Waals surface area contributed by atoms with Crippen LogP contribution >= 0.6 is 0 Å². The second kappa shape index (κ2) is 6.96. The zero-order valence-electron chi connectivity index (χ0n) is 11.1. The summed E-state index contributed by atoms with van der Waals surface area (Å²) in [5.74, 6) is 0.708. The molecule has 0 aromatic carbocycles. The van der Waals surface area contributed by atoms with E-state index in [4.69, 9.17) is 4.55 Å². The van der Waals surface area contributed by atoms with Crippen molar-refractivity contribution in [1.82, 2.24) is 14.9 Å². The smallest absolute Gasteiger partial charge is 0.231 e. The third-order valence-electron chi connectivity index (χ3n) is 4.29. The number of likely N-dealkylation sites (tertiary alicyclic amines) is 1. The molecule has 0 saturated carbocycles. The van der Waals surface area contributed by atoms with Crippen molar-refractivity contribution >= 4 is 11.3 Å². The van der Waals surface area contributed by atoms with Gasteiger partial charge in [0.2, 0.25) is 11.3 Å². The average molecular weight is 275 g/mol. The lowest BCUT2D eigenvalue weighted by Gasteiger charge is -2.40. The van der Waals surface area contributed by atoms with E-state index in [1.54, 1.807) is 0 Å². The van der Waals surface area contributed by atoms with Crippen molar-refractivity contribution in [2.75, 3.05) is 26.2 Å². The molecule has 106 valence electrons. The van der Waals surface area contributed by atoms with Gasteiger partial charge in [-0.3, -0.25) is 9.45 Å². The van der Waals surface area contributed by atoms with Gasteiger partial charge in [0, 0.05) is 18.6 Å². The summed E-state index contributed by atoms with van der Waals surface area (Å²) in [5, 5.41) is 3.45. The minimum atomic E-state index is -1.87. The van der Waals surface area contributed by atoms with Crippen molar-refractivity contribution in [3.8, 4) is 0 Å². The van der Waals surface area contributed by atoms with E-state index in [0.717, 1.165) is 19.5 Å². The number of nitrogens with one attached hydrogen (secondary N) is 2. The summed E-state index contributed by atoms with van der Waals surface area (Å²) >= 11 is -1.87. The summed E-state index contributed by atoms with van der Waals surface area (Å²) in [6.07, 6.45) is 4.71. The largest absolute Gasteiger partial charge is 0.316 e. The van der Waals surface area contributed by atoms with Gasteiger partial charge < -0.3 is 5.32 Å². The molecule has 6 heteroatoms. The van der Waals surface area contributed by atoms with Gasteiger partial charge in [0.1, 0.15) is 0 Å². The first-order valence-electron chi connectivity index (χ1n) is 6.99. The van der Waals surface area contributed by atoms with Crippen molar-refractivity contribution in [1.29, 1.82) is 0 Å². The Morgan fingerprint density at radius 2 is 2.33 bits per heavy atom. The highest BCUT2D eigenvalue weighted by molar-refractivity contribution is 7.77. The average Bonchev–Trinajstić information content (AvgIpc) is 2.77. The van der Waals surface area contributed by atoms with Gasteiger partial charge in [0.15, 0.2) is 0 Å². The van der Waals surface area contributed by atoms with Gasteiger partial charge in [0.05, 0.1) is 0 Å². The highest BCUT2D eigenvalue weighted by Gasteiger charge is 2.34. The maximum Gasteiger partial charge on any atom is 0.231 e. The van der Waals surface area contributed by atoms with Crippen molar-refractivity contribution in [3.63, 3.8) is 0 Å². The van der Waals surface area contributed by atoms with Gasteiger partial charge in [0.25, 0.3) is 0 Å². The lowest BCUT2D eigenvalue weighted by molar-refractivity contribution is 0.104. The van der Waals surface area contributed by atoms with Crippen LogP contribution in [0.1, 0.15) is 32.6 Å². The number of nitrogens with zero attached hydrogens (tertiary/aromatic N) is 1. The Morgan fingerprint density at radius 1 is 1.50 bits per heavy atom.